The minimum atomic E-state index is -1.01. The van der Waals surface area contributed by atoms with Crippen molar-refractivity contribution in [1.82, 2.24) is 16.0 Å². The van der Waals surface area contributed by atoms with E-state index in [9.17, 15) is 23.6 Å². The lowest BCUT2D eigenvalue weighted by molar-refractivity contribution is -0.133. The SMILES string of the molecule is CC(C)C[C@H](NC(=O)C1CC1)C(=O)N[C@@H](CCC(=O)C=N)C(=O)NCc1ccc(F)cc1. The number of rotatable bonds is 13. The Kier molecular flexibility index (Phi) is 9.49. The van der Waals surface area contributed by atoms with Crippen molar-refractivity contribution in [3.8, 4) is 0 Å². The number of hydrogen-bond acceptors (Lipinski definition) is 5. The summed E-state index contributed by atoms with van der Waals surface area (Å²) in [5.74, 6) is -1.93. The summed E-state index contributed by atoms with van der Waals surface area (Å²) >= 11 is 0. The first-order chi connectivity index (χ1) is 15.2. The standard InChI is InChI=1S/C23H31FN4O4/c1-14(2)11-20(28-21(30)16-5-6-16)23(32)27-19(10-9-18(29)12-25)22(31)26-13-15-3-7-17(24)8-4-15/h3-4,7-8,12,14,16,19-20,25H,5-6,9-11,13H2,1-2H3,(H,26,31)(H,27,32)(H,28,30)/t19-,20-/m0/s1. The molecular formula is C23H31FN4O4. The molecule has 1 aromatic rings. The normalized spacial score (nSPS) is 14.9. The zero-order valence-electron chi connectivity index (χ0n) is 18.4. The molecule has 1 aliphatic rings. The van der Waals surface area contributed by atoms with Crippen molar-refractivity contribution >= 4 is 29.7 Å². The molecule has 8 nitrogen and oxygen atoms in total. The third-order valence-corrected chi connectivity index (χ3v) is 5.14. The van der Waals surface area contributed by atoms with E-state index in [2.05, 4.69) is 16.0 Å². The summed E-state index contributed by atoms with van der Waals surface area (Å²) in [7, 11) is 0. The third-order valence-electron chi connectivity index (χ3n) is 5.14. The molecule has 9 heteroatoms. The molecule has 2 atom stereocenters. The quantitative estimate of drug-likeness (QED) is 0.345. The highest BCUT2D eigenvalue weighted by Gasteiger charge is 2.34. The van der Waals surface area contributed by atoms with Crippen molar-refractivity contribution in [3.05, 3.63) is 35.6 Å². The Morgan fingerprint density at radius 3 is 2.28 bits per heavy atom. The molecule has 0 aliphatic heterocycles. The Morgan fingerprint density at radius 1 is 1.06 bits per heavy atom. The number of Topliss-reactive ketones (excluding diaryl/α,β-unsaturated/α-hetero) is 1. The van der Waals surface area contributed by atoms with E-state index < -0.39 is 29.7 Å². The molecule has 3 amide bonds. The number of hydrogen-bond donors (Lipinski definition) is 4. The molecule has 0 unspecified atom stereocenters. The van der Waals surface area contributed by atoms with E-state index in [-0.39, 0.29) is 42.9 Å². The highest BCUT2D eigenvalue weighted by molar-refractivity contribution is 6.26. The van der Waals surface area contributed by atoms with Crippen molar-refractivity contribution < 1.29 is 23.6 Å². The molecule has 1 aromatic carbocycles. The van der Waals surface area contributed by atoms with Gasteiger partial charge in [-0.25, -0.2) is 4.39 Å². The number of nitrogens with one attached hydrogen (secondary N) is 4. The van der Waals surface area contributed by atoms with Gasteiger partial charge in [-0.05, 0) is 49.3 Å². The van der Waals surface area contributed by atoms with Crippen molar-refractivity contribution in [3.63, 3.8) is 0 Å². The molecule has 0 aromatic heterocycles. The summed E-state index contributed by atoms with van der Waals surface area (Å²) in [5, 5.41) is 15.2. The predicted molar refractivity (Wildman–Crippen MR) is 117 cm³/mol. The van der Waals surface area contributed by atoms with E-state index in [1.54, 1.807) is 0 Å². The van der Waals surface area contributed by atoms with E-state index in [1.165, 1.54) is 24.3 Å². The topological polar surface area (TPSA) is 128 Å². The number of ketones is 1. The predicted octanol–water partition coefficient (Wildman–Crippen LogP) is 1.87. The first-order valence-corrected chi connectivity index (χ1v) is 10.9. The average Bonchev–Trinajstić information content (AvgIpc) is 3.60. The summed E-state index contributed by atoms with van der Waals surface area (Å²) in [6.07, 6.45) is 2.63. The van der Waals surface area contributed by atoms with Crippen molar-refractivity contribution in [2.24, 2.45) is 11.8 Å². The Balaban J connectivity index is 2.04. The van der Waals surface area contributed by atoms with Crippen LogP contribution in [0.5, 0.6) is 0 Å². The molecule has 0 radical (unpaired) electrons. The van der Waals surface area contributed by atoms with Crippen LogP contribution < -0.4 is 16.0 Å². The van der Waals surface area contributed by atoms with Gasteiger partial charge in [0, 0.05) is 18.9 Å². The average molecular weight is 447 g/mol. The fourth-order valence-corrected chi connectivity index (χ4v) is 3.15. The largest absolute Gasteiger partial charge is 0.350 e. The molecule has 4 N–H and O–H groups in total. The number of benzene rings is 1. The van der Waals surface area contributed by atoms with Crippen molar-refractivity contribution in [1.29, 1.82) is 5.41 Å². The van der Waals surface area contributed by atoms with E-state index >= 15 is 0 Å². The van der Waals surface area contributed by atoms with Gasteiger partial charge in [0.05, 0.1) is 6.21 Å². The van der Waals surface area contributed by atoms with Crippen molar-refractivity contribution in [2.75, 3.05) is 0 Å². The summed E-state index contributed by atoms with van der Waals surface area (Å²) in [5.41, 5.74) is 0.676. The molecule has 0 bridgehead atoms. The lowest BCUT2D eigenvalue weighted by Gasteiger charge is -2.24. The Morgan fingerprint density at radius 2 is 1.72 bits per heavy atom. The van der Waals surface area contributed by atoms with E-state index in [4.69, 9.17) is 5.41 Å². The monoisotopic (exact) mass is 446 g/mol. The maximum Gasteiger partial charge on any atom is 0.243 e. The second-order valence-electron chi connectivity index (χ2n) is 8.52. The van der Waals surface area contributed by atoms with Gasteiger partial charge in [0.15, 0.2) is 5.78 Å². The molecular weight excluding hydrogens is 415 g/mol. The fraction of sp³-hybridized carbons (Fsp3) is 0.522. The first kappa shape index (κ1) is 25.2. The van der Waals surface area contributed by atoms with Crippen LogP contribution in [-0.2, 0) is 25.7 Å². The zero-order chi connectivity index (χ0) is 23.7. The summed E-state index contributed by atoms with van der Waals surface area (Å²) in [6, 6.07) is 3.83. The van der Waals surface area contributed by atoms with Gasteiger partial charge in [0.2, 0.25) is 17.7 Å². The van der Waals surface area contributed by atoms with Crippen LogP contribution in [0.25, 0.3) is 0 Å². The Labute approximate surface area is 187 Å². The molecule has 1 fully saturated rings. The van der Waals surface area contributed by atoms with Gasteiger partial charge in [-0.1, -0.05) is 26.0 Å². The Bertz CT molecular complexity index is 837. The molecule has 1 aliphatic carbocycles. The first-order valence-electron chi connectivity index (χ1n) is 10.9. The molecule has 174 valence electrons. The van der Waals surface area contributed by atoms with Crippen LogP contribution >= 0.6 is 0 Å². The van der Waals surface area contributed by atoms with Crippen LogP contribution in [-0.4, -0.2) is 41.8 Å². The minimum absolute atomic E-state index is 0.0141. The smallest absolute Gasteiger partial charge is 0.243 e. The zero-order valence-corrected chi connectivity index (χ0v) is 18.4. The highest BCUT2D eigenvalue weighted by Crippen LogP contribution is 2.29. The molecule has 0 heterocycles. The van der Waals surface area contributed by atoms with Crippen LogP contribution in [0.4, 0.5) is 4.39 Å². The number of carbonyl (C=O) groups is 4. The highest BCUT2D eigenvalue weighted by atomic mass is 19.1. The second-order valence-corrected chi connectivity index (χ2v) is 8.52. The van der Waals surface area contributed by atoms with Gasteiger partial charge in [-0.15, -0.1) is 0 Å². The summed E-state index contributed by atoms with van der Waals surface area (Å²) in [4.78, 5) is 49.4. The molecule has 0 saturated heterocycles. The molecule has 32 heavy (non-hydrogen) atoms. The van der Waals surface area contributed by atoms with Crippen LogP contribution in [0.15, 0.2) is 24.3 Å². The van der Waals surface area contributed by atoms with E-state index in [0.29, 0.717) is 18.2 Å². The summed E-state index contributed by atoms with van der Waals surface area (Å²) in [6.45, 7) is 3.98. The van der Waals surface area contributed by atoms with Gasteiger partial charge in [-0.2, -0.15) is 0 Å². The molecule has 0 spiro atoms. The van der Waals surface area contributed by atoms with Crippen LogP contribution in [0.3, 0.4) is 0 Å². The molecule has 2 rings (SSSR count). The second kappa shape index (κ2) is 12.1. The number of carbonyl (C=O) groups excluding carboxylic acids is 4. The third kappa shape index (κ3) is 8.56. The number of halogens is 1. The lowest BCUT2D eigenvalue weighted by Crippen LogP contribution is -2.54. The van der Waals surface area contributed by atoms with Crippen LogP contribution in [0.1, 0.15) is 51.5 Å². The van der Waals surface area contributed by atoms with E-state index in [0.717, 1.165) is 12.8 Å². The van der Waals surface area contributed by atoms with Crippen LogP contribution in [0, 0.1) is 23.1 Å². The van der Waals surface area contributed by atoms with Gasteiger partial charge in [0.1, 0.15) is 17.9 Å². The van der Waals surface area contributed by atoms with Crippen LogP contribution in [0.2, 0.25) is 0 Å². The minimum Gasteiger partial charge on any atom is -0.350 e. The van der Waals surface area contributed by atoms with Crippen molar-refractivity contribution in [2.45, 2.75) is 64.6 Å². The lowest BCUT2D eigenvalue weighted by atomic mass is 10.0. The number of amides is 3. The maximum atomic E-state index is 13.1. The van der Waals surface area contributed by atoms with Gasteiger partial charge < -0.3 is 21.4 Å². The van der Waals surface area contributed by atoms with Gasteiger partial charge >= 0.3 is 0 Å². The molecule has 1 saturated carbocycles. The van der Waals surface area contributed by atoms with E-state index in [1.807, 2.05) is 13.8 Å². The maximum absolute atomic E-state index is 13.1. The van der Waals surface area contributed by atoms with Gasteiger partial charge in [-0.3, -0.25) is 19.2 Å². The van der Waals surface area contributed by atoms with Gasteiger partial charge in [0.25, 0.3) is 0 Å². The summed E-state index contributed by atoms with van der Waals surface area (Å²) < 4.78 is 13.1. The fourth-order valence-electron chi connectivity index (χ4n) is 3.15. The Hall–Kier alpha value is -3.10.